The van der Waals surface area contributed by atoms with Crippen LogP contribution in [0.4, 0.5) is 16.2 Å². The third kappa shape index (κ3) is 3.67. The largest absolute Gasteiger partial charge is 0.487 e. The molecule has 2 aliphatic heterocycles. The molecule has 0 spiro atoms. The zero-order valence-electron chi connectivity index (χ0n) is 14.4. The molecule has 0 aromatic heterocycles. The Balaban J connectivity index is 1.60. The number of anilines is 2. The van der Waals surface area contributed by atoms with Gasteiger partial charge in [0.25, 0.3) is 0 Å². The molecule has 2 aliphatic rings. The van der Waals surface area contributed by atoms with Crippen molar-refractivity contribution in [2.45, 2.75) is 25.9 Å². The van der Waals surface area contributed by atoms with Crippen LogP contribution in [-0.4, -0.2) is 55.9 Å². The molecule has 4 N–H and O–H groups in total. The molecule has 0 saturated carbocycles. The summed E-state index contributed by atoms with van der Waals surface area (Å²) in [7, 11) is 0. The van der Waals surface area contributed by atoms with Crippen LogP contribution in [0.15, 0.2) is 12.1 Å². The van der Waals surface area contributed by atoms with Gasteiger partial charge in [0.05, 0.1) is 11.4 Å². The van der Waals surface area contributed by atoms with E-state index in [0.29, 0.717) is 13.2 Å². The molecule has 1 aromatic carbocycles. The summed E-state index contributed by atoms with van der Waals surface area (Å²) in [6, 6.07) is 4.12. The van der Waals surface area contributed by atoms with E-state index in [1.165, 1.54) is 5.56 Å². The third-order valence-corrected chi connectivity index (χ3v) is 4.58. The van der Waals surface area contributed by atoms with Gasteiger partial charge in [-0.2, -0.15) is 0 Å². The zero-order chi connectivity index (χ0) is 17.3. The summed E-state index contributed by atoms with van der Waals surface area (Å²) < 4.78 is 10.8. The summed E-state index contributed by atoms with van der Waals surface area (Å²) in [5, 5.41) is 0. The fourth-order valence-corrected chi connectivity index (χ4v) is 3.42. The van der Waals surface area contributed by atoms with Gasteiger partial charge < -0.3 is 25.8 Å². The van der Waals surface area contributed by atoms with Crippen molar-refractivity contribution in [1.29, 1.82) is 0 Å². The van der Waals surface area contributed by atoms with Crippen LogP contribution < -0.4 is 21.1 Å². The number of rotatable bonds is 4. The Kier molecular flexibility index (Phi) is 4.45. The van der Waals surface area contributed by atoms with E-state index < -0.39 is 6.09 Å². The van der Waals surface area contributed by atoms with Gasteiger partial charge in [-0.15, -0.1) is 0 Å². The number of nitrogens with two attached hydrogens (primary N) is 2. The third-order valence-electron chi connectivity index (χ3n) is 4.58. The minimum absolute atomic E-state index is 0.160. The number of hydrogen-bond donors (Lipinski definition) is 2. The average molecular weight is 334 g/mol. The number of carbonyl (C=O) groups excluding carboxylic acids is 1. The van der Waals surface area contributed by atoms with E-state index in [2.05, 4.69) is 29.7 Å². The first-order chi connectivity index (χ1) is 11.3. The average Bonchev–Trinajstić information content (AvgIpc) is 2.80. The number of piperazine rings is 1. The highest BCUT2D eigenvalue weighted by molar-refractivity contribution is 5.72. The molecule has 0 aliphatic carbocycles. The summed E-state index contributed by atoms with van der Waals surface area (Å²) in [5.41, 5.74) is 14.1. The molecular formula is C17H26N4O3. The quantitative estimate of drug-likeness (QED) is 0.804. The lowest BCUT2D eigenvalue weighted by atomic mass is 10.0. The first-order valence-electron chi connectivity index (χ1n) is 8.35. The summed E-state index contributed by atoms with van der Waals surface area (Å²) in [6.45, 7) is 8.76. The predicted octanol–water partition coefficient (Wildman–Crippen LogP) is 1.20. The molecule has 0 radical (unpaired) electrons. The van der Waals surface area contributed by atoms with E-state index in [-0.39, 0.29) is 5.60 Å². The number of primary amides is 1. The second-order valence-electron chi connectivity index (χ2n) is 7.05. The Morgan fingerprint density at radius 1 is 1.29 bits per heavy atom. The Hall–Kier alpha value is -2.15. The second kappa shape index (κ2) is 6.39. The van der Waals surface area contributed by atoms with Crippen molar-refractivity contribution in [3.8, 4) is 5.75 Å². The Labute approximate surface area is 142 Å². The number of nitrogens with zero attached hydrogens (tertiary/aromatic N) is 2. The van der Waals surface area contributed by atoms with Gasteiger partial charge in [0, 0.05) is 50.8 Å². The summed E-state index contributed by atoms with van der Waals surface area (Å²) in [4.78, 5) is 15.1. The van der Waals surface area contributed by atoms with Crippen molar-refractivity contribution in [2.75, 3.05) is 50.0 Å². The molecule has 2 heterocycles. The summed E-state index contributed by atoms with van der Waals surface area (Å²) in [5.74, 6) is 0.946. The Morgan fingerprint density at radius 2 is 2.00 bits per heavy atom. The van der Waals surface area contributed by atoms with Crippen LogP contribution in [0.5, 0.6) is 5.75 Å². The number of hydrogen-bond acceptors (Lipinski definition) is 6. The molecule has 0 unspecified atom stereocenters. The van der Waals surface area contributed by atoms with E-state index >= 15 is 0 Å². The number of ether oxygens (including phenoxy) is 2. The topological polar surface area (TPSA) is 94.0 Å². The molecule has 7 heteroatoms. The van der Waals surface area contributed by atoms with Gasteiger partial charge in [0.1, 0.15) is 18.0 Å². The minimum atomic E-state index is -0.720. The van der Waals surface area contributed by atoms with Gasteiger partial charge in [-0.3, -0.25) is 4.90 Å². The smallest absolute Gasteiger partial charge is 0.404 e. The van der Waals surface area contributed by atoms with Crippen LogP contribution >= 0.6 is 0 Å². The highest BCUT2D eigenvalue weighted by Gasteiger charge is 2.31. The van der Waals surface area contributed by atoms with E-state index in [1.807, 2.05) is 6.07 Å². The SMILES string of the molecule is CC1(C)Cc2cc(N)c(N3CCN(CCOC(N)=O)CC3)cc2O1. The molecular weight excluding hydrogens is 308 g/mol. The van der Waals surface area contributed by atoms with E-state index in [9.17, 15) is 4.79 Å². The summed E-state index contributed by atoms with van der Waals surface area (Å²) >= 11 is 0. The standard InChI is InChI=1S/C17H26N4O3/c1-17(2)11-12-9-13(18)14(10-15(12)24-17)21-5-3-20(4-6-21)7-8-23-16(19)22/h9-10H,3-8,11,18H2,1-2H3,(H2,19,22). The first-order valence-corrected chi connectivity index (χ1v) is 8.35. The number of carbonyl (C=O) groups is 1. The molecule has 7 nitrogen and oxygen atoms in total. The van der Waals surface area contributed by atoms with Gasteiger partial charge in [0.2, 0.25) is 0 Å². The molecule has 132 valence electrons. The van der Waals surface area contributed by atoms with Crippen molar-refractivity contribution in [3.63, 3.8) is 0 Å². The van der Waals surface area contributed by atoms with Gasteiger partial charge >= 0.3 is 6.09 Å². The highest BCUT2D eigenvalue weighted by atomic mass is 16.5. The zero-order valence-corrected chi connectivity index (χ0v) is 14.4. The number of fused-ring (bicyclic) bond motifs is 1. The van der Waals surface area contributed by atoms with E-state index in [0.717, 1.165) is 49.7 Å². The van der Waals surface area contributed by atoms with E-state index in [1.54, 1.807) is 0 Å². The number of amides is 1. The molecule has 24 heavy (non-hydrogen) atoms. The van der Waals surface area contributed by atoms with Gasteiger partial charge in [-0.1, -0.05) is 0 Å². The highest BCUT2D eigenvalue weighted by Crippen LogP contribution is 2.40. The fourth-order valence-electron chi connectivity index (χ4n) is 3.42. The normalized spacial score (nSPS) is 19.7. The maximum absolute atomic E-state index is 10.6. The van der Waals surface area contributed by atoms with Crippen LogP contribution in [0.3, 0.4) is 0 Å². The maximum atomic E-state index is 10.6. The summed E-state index contributed by atoms with van der Waals surface area (Å²) in [6.07, 6.45) is 0.169. The molecule has 0 atom stereocenters. The minimum Gasteiger partial charge on any atom is -0.487 e. The van der Waals surface area contributed by atoms with E-state index in [4.69, 9.17) is 20.9 Å². The van der Waals surface area contributed by atoms with Crippen molar-refractivity contribution < 1.29 is 14.3 Å². The van der Waals surface area contributed by atoms with Crippen LogP contribution in [0.1, 0.15) is 19.4 Å². The fraction of sp³-hybridized carbons (Fsp3) is 0.588. The van der Waals surface area contributed by atoms with Crippen molar-refractivity contribution in [1.82, 2.24) is 4.90 Å². The molecule has 1 amide bonds. The molecule has 0 bridgehead atoms. The van der Waals surface area contributed by atoms with Crippen LogP contribution in [-0.2, 0) is 11.2 Å². The van der Waals surface area contributed by atoms with Crippen molar-refractivity contribution in [3.05, 3.63) is 17.7 Å². The molecule has 3 rings (SSSR count). The predicted molar refractivity (Wildman–Crippen MR) is 93.5 cm³/mol. The Bertz CT molecular complexity index is 625. The van der Waals surface area contributed by atoms with Crippen LogP contribution in [0, 0.1) is 0 Å². The Morgan fingerprint density at radius 3 is 2.67 bits per heavy atom. The van der Waals surface area contributed by atoms with Crippen molar-refractivity contribution in [2.24, 2.45) is 5.73 Å². The lowest BCUT2D eigenvalue weighted by Crippen LogP contribution is -2.47. The first kappa shape index (κ1) is 16.7. The molecule has 1 fully saturated rings. The lowest BCUT2D eigenvalue weighted by Gasteiger charge is -2.36. The van der Waals surface area contributed by atoms with Gasteiger partial charge in [-0.05, 0) is 19.9 Å². The van der Waals surface area contributed by atoms with Gasteiger partial charge in [-0.25, -0.2) is 4.79 Å². The maximum Gasteiger partial charge on any atom is 0.404 e. The number of nitrogen functional groups attached to an aromatic ring is 1. The molecule has 1 saturated heterocycles. The van der Waals surface area contributed by atoms with Gasteiger partial charge in [0.15, 0.2) is 0 Å². The van der Waals surface area contributed by atoms with Crippen LogP contribution in [0.2, 0.25) is 0 Å². The second-order valence-corrected chi connectivity index (χ2v) is 7.05. The molecule has 1 aromatic rings. The number of benzene rings is 1. The lowest BCUT2D eigenvalue weighted by molar-refractivity contribution is 0.133. The monoisotopic (exact) mass is 334 g/mol. The van der Waals surface area contributed by atoms with Crippen LogP contribution in [0.25, 0.3) is 0 Å². The van der Waals surface area contributed by atoms with Crippen molar-refractivity contribution >= 4 is 17.5 Å².